The molecule has 1 unspecified atom stereocenters. The highest BCUT2D eigenvalue weighted by Crippen LogP contribution is 2.20. The number of rotatable bonds is 11. The van der Waals surface area contributed by atoms with E-state index in [1.165, 1.54) is 0 Å². The Morgan fingerprint density at radius 3 is 2.34 bits per heavy atom. The molecule has 1 aromatic heterocycles. The van der Waals surface area contributed by atoms with Crippen molar-refractivity contribution in [1.82, 2.24) is 26.3 Å². The Balaban J connectivity index is 1.36. The third-order valence-electron chi connectivity index (χ3n) is 8.45. The number of hydrogen-bond acceptors (Lipinski definition) is 6. The zero-order valence-corrected chi connectivity index (χ0v) is 24.7. The summed E-state index contributed by atoms with van der Waals surface area (Å²) < 4.78 is 0. The van der Waals surface area contributed by atoms with Crippen LogP contribution in [0.5, 0.6) is 0 Å². The first-order valence-electron chi connectivity index (χ1n) is 15.5. The van der Waals surface area contributed by atoms with E-state index in [0.717, 1.165) is 49.5 Å². The van der Waals surface area contributed by atoms with Crippen LogP contribution in [-0.2, 0) is 25.6 Å². The van der Waals surface area contributed by atoms with Crippen molar-refractivity contribution in [2.45, 2.75) is 75.9 Å². The second-order valence-corrected chi connectivity index (χ2v) is 11.7. The summed E-state index contributed by atoms with van der Waals surface area (Å²) in [7, 11) is 0. The van der Waals surface area contributed by atoms with Gasteiger partial charge in [0.25, 0.3) is 11.8 Å². The number of carbonyl (C=O) groups excluding carboxylic acids is 5. The Morgan fingerprint density at radius 2 is 1.57 bits per heavy atom. The van der Waals surface area contributed by atoms with Gasteiger partial charge in [0.2, 0.25) is 17.6 Å². The van der Waals surface area contributed by atoms with Crippen LogP contribution >= 0.6 is 0 Å². The van der Waals surface area contributed by atoms with Gasteiger partial charge in [-0.2, -0.15) is 0 Å². The lowest BCUT2D eigenvalue weighted by Crippen LogP contribution is -2.56. The molecule has 4 amide bonds. The second-order valence-electron chi connectivity index (χ2n) is 11.7. The molecule has 1 saturated heterocycles. The van der Waals surface area contributed by atoms with Crippen molar-refractivity contribution < 1.29 is 24.0 Å². The van der Waals surface area contributed by atoms with Crippen molar-refractivity contribution in [2.75, 3.05) is 6.54 Å². The Labute approximate surface area is 256 Å². The number of hydrogen-bond donors (Lipinski definition) is 4. The number of aromatic nitrogens is 1. The third kappa shape index (κ3) is 8.06. The Morgan fingerprint density at radius 1 is 0.818 bits per heavy atom. The average molecular weight is 598 g/mol. The number of benzene rings is 2. The molecular formula is C34H39N5O5. The molecule has 5 rings (SSSR count). The van der Waals surface area contributed by atoms with Gasteiger partial charge in [0, 0.05) is 30.3 Å². The zero-order chi connectivity index (χ0) is 30.9. The van der Waals surface area contributed by atoms with E-state index in [1.54, 1.807) is 18.2 Å². The van der Waals surface area contributed by atoms with Crippen molar-refractivity contribution >= 4 is 40.3 Å². The standard InChI is InChI=1S/C34H39N5O5/c40-30(34(44)36-25-14-5-2-6-15-25)28(21-24-13-9-19-35-31(24)41)38-33(43)29(20-22-10-3-1-4-11-22)39-32(42)27-18-17-23-12-7-8-16-26(23)37-27/h1,3-4,7-8,10-12,16-18,24-25,28-29H,2,5-6,9,13-15,19-21H2,(H,35,41)(H,36,44)(H,38,43)(H,39,42)/t24-,28?,29-/m0/s1. The van der Waals surface area contributed by atoms with Gasteiger partial charge in [-0.25, -0.2) is 4.98 Å². The number of piperidine rings is 1. The fraction of sp³-hybridized carbons (Fsp3) is 0.412. The lowest BCUT2D eigenvalue weighted by Gasteiger charge is -2.28. The van der Waals surface area contributed by atoms with Crippen LogP contribution in [0.2, 0.25) is 0 Å². The number of pyridine rings is 1. The maximum atomic E-state index is 13.8. The maximum absolute atomic E-state index is 13.8. The van der Waals surface area contributed by atoms with Crippen molar-refractivity contribution in [3.63, 3.8) is 0 Å². The van der Waals surface area contributed by atoms with Gasteiger partial charge in [0.1, 0.15) is 11.7 Å². The molecular weight excluding hydrogens is 558 g/mol. The van der Waals surface area contributed by atoms with Crippen LogP contribution in [0.15, 0.2) is 66.7 Å². The van der Waals surface area contributed by atoms with E-state index >= 15 is 0 Å². The maximum Gasteiger partial charge on any atom is 0.289 e. The van der Waals surface area contributed by atoms with Crippen LogP contribution in [0.4, 0.5) is 0 Å². The Hall–Kier alpha value is -4.60. The Kier molecular flexibility index (Phi) is 10.3. The SMILES string of the molecule is O=C(NC1CCCCC1)C(=O)C(C[C@@H]1CCCNC1=O)NC(=O)[C@H](Cc1ccccc1)NC(=O)c1ccc2ccccc2n1. The van der Waals surface area contributed by atoms with Crippen LogP contribution in [0.1, 0.15) is 67.4 Å². The first-order valence-corrected chi connectivity index (χ1v) is 15.5. The van der Waals surface area contributed by atoms with Crippen molar-refractivity contribution in [3.8, 4) is 0 Å². The quantitative estimate of drug-likeness (QED) is 0.250. The molecule has 4 N–H and O–H groups in total. The molecule has 2 aliphatic rings. The minimum Gasteiger partial charge on any atom is -0.356 e. The number of amides is 4. The lowest BCUT2D eigenvalue weighted by atomic mass is 9.89. The van der Waals surface area contributed by atoms with E-state index in [9.17, 15) is 24.0 Å². The highest BCUT2D eigenvalue weighted by Gasteiger charge is 2.35. The van der Waals surface area contributed by atoms with Gasteiger partial charge in [-0.3, -0.25) is 24.0 Å². The number of Topliss-reactive ketones (excluding diaryl/α,β-unsaturated/α-hetero) is 1. The predicted octanol–water partition coefficient (Wildman–Crippen LogP) is 3.00. The Bertz CT molecular complexity index is 1500. The highest BCUT2D eigenvalue weighted by atomic mass is 16.2. The highest BCUT2D eigenvalue weighted by molar-refractivity contribution is 6.38. The molecule has 10 heteroatoms. The molecule has 0 spiro atoms. The summed E-state index contributed by atoms with van der Waals surface area (Å²) in [5, 5.41) is 12.1. The topological polar surface area (TPSA) is 146 Å². The van der Waals surface area contributed by atoms with E-state index in [1.807, 2.05) is 48.5 Å². The summed E-state index contributed by atoms with van der Waals surface area (Å²) in [6, 6.07) is 17.6. The summed E-state index contributed by atoms with van der Waals surface area (Å²) in [6.45, 7) is 0.552. The van der Waals surface area contributed by atoms with Crippen LogP contribution in [-0.4, -0.2) is 59.1 Å². The summed E-state index contributed by atoms with van der Waals surface area (Å²) in [5.74, 6) is -3.44. The van der Waals surface area contributed by atoms with Crippen LogP contribution in [0, 0.1) is 5.92 Å². The first kappa shape index (κ1) is 30.8. The fourth-order valence-electron chi connectivity index (χ4n) is 5.99. The number of para-hydroxylation sites is 1. The summed E-state index contributed by atoms with van der Waals surface area (Å²) >= 11 is 0. The van der Waals surface area contributed by atoms with Gasteiger partial charge in [-0.15, -0.1) is 0 Å². The number of nitrogens with zero attached hydrogens (tertiary/aromatic N) is 1. The molecule has 0 bridgehead atoms. The second kappa shape index (κ2) is 14.7. The smallest absolute Gasteiger partial charge is 0.289 e. The summed E-state index contributed by atoms with van der Waals surface area (Å²) in [5.41, 5.74) is 1.58. The van der Waals surface area contributed by atoms with E-state index in [-0.39, 0.29) is 30.5 Å². The monoisotopic (exact) mass is 597 g/mol. The van der Waals surface area contributed by atoms with E-state index in [2.05, 4.69) is 26.3 Å². The van der Waals surface area contributed by atoms with Crippen molar-refractivity contribution in [2.24, 2.45) is 5.92 Å². The zero-order valence-electron chi connectivity index (χ0n) is 24.7. The number of nitrogens with one attached hydrogen (secondary N) is 4. The molecule has 3 aromatic rings. The summed E-state index contributed by atoms with van der Waals surface area (Å²) in [4.78, 5) is 70.9. The van der Waals surface area contributed by atoms with Gasteiger partial charge in [-0.05, 0) is 49.8 Å². The number of fused-ring (bicyclic) bond motifs is 1. The lowest BCUT2D eigenvalue weighted by molar-refractivity contribution is -0.141. The van der Waals surface area contributed by atoms with E-state index in [0.29, 0.717) is 18.5 Å². The van der Waals surface area contributed by atoms with Gasteiger partial charge < -0.3 is 21.3 Å². The van der Waals surface area contributed by atoms with Crippen molar-refractivity contribution in [3.05, 3.63) is 78.0 Å². The fourth-order valence-corrected chi connectivity index (χ4v) is 5.99. The molecule has 230 valence electrons. The van der Waals surface area contributed by atoms with Crippen LogP contribution < -0.4 is 21.3 Å². The van der Waals surface area contributed by atoms with Crippen LogP contribution in [0.25, 0.3) is 10.9 Å². The minimum atomic E-state index is -1.23. The molecule has 0 radical (unpaired) electrons. The van der Waals surface area contributed by atoms with Gasteiger partial charge in [0.05, 0.1) is 11.6 Å². The largest absolute Gasteiger partial charge is 0.356 e. The third-order valence-corrected chi connectivity index (χ3v) is 8.45. The van der Waals surface area contributed by atoms with E-state index < -0.39 is 41.5 Å². The molecule has 44 heavy (non-hydrogen) atoms. The predicted molar refractivity (Wildman–Crippen MR) is 165 cm³/mol. The molecule has 1 aliphatic heterocycles. The molecule has 2 heterocycles. The van der Waals surface area contributed by atoms with Gasteiger partial charge in [-0.1, -0.05) is 73.9 Å². The van der Waals surface area contributed by atoms with E-state index in [4.69, 9.17) is 0 Å². The molecule has 2 fully saturated rings. The molecule has 3 atom stereocenters. The van der Waals surface area contributed by atoms with Crippen molar-refractivity contribution in [1.29, 1.82) is 0 Å². The average Bonchev–Trinajstić information content (AvgIpc) is 3.05. The number of carbonyl (C=O) groups is 5. The molecule has 2 aromatic carbocycles. The molecule has 1 saturated carbocycles. The van der Waals surface area contributed by atoms with Crippen LogP contribution in [0.3, 0.4) is 0 Å². The first-order chi connectivity index (χ1) is 21.4. The van der Waals surface area contributed by atoms with Gasteiger partial charge in [0.15, 0.2) is 0 Å². The number of ketones is 1. The molecule has 10 nitrogen and oxygen atoms in total. The van der Waals surface area contributed by atoms with Gasteiger partial charge >= 0.3 is 0 Å². The summed E-state index contributed by atoms with van der Waals surface area (Å²) in [6.07, 6.45) is 6.09. The normalized spacial score (nSPS) is 18.5. The minimum absolute atomic E-state index is 0.00722. The molecule has 1 aliphatic carbocycles.